The summed E-state index contributed by atoms with van der Waals surface area (Å²) in [5, 5.41) is 11.9. The molecule has 1 amide bonds. The summed E-state index contributed by atoms with van der Waals surface area (Å²) in [4.78, 5) is 12.9. The van der Waals surface area contributed by atoms with E-state index >= 15 is 0 Å². The zero-order chi connectivity index (χ0) is 15.2. The molecule has 0 aliphatic rings. The third-order valence-electron chi connectivity index (χ3n) is 3.01. The lowest BCUT2D eigenvalue weighted by atomic mass is 10.2. The third kappa shape index (κ3) is 3.77. The molecule has 2 aromatic rings. The Kier molecular flexibility index (Phi) is 5.25. The molecule has 0 aromatic heterocycles. The van der Waals surface area contributed by atoms with Gasteiger partial charge in [0.2, 0.25) is 0 Å². The van der Waals surface area contributed by atoms with Gasteiger partial charge in [0.1, 0.15) is 0 Å². The van der Waals surface area contributed by atoms with Gasteiger partial charge in [-0.2, -0.15) is 0 Å². The molecule has 0 saturated heterocycles. The Labute approximate surface area is 126 Å². The van der Waals surface area contributed by atoms with Crippen LogP contribution >= 0.6 is 0 Å². The lowest BCUT2D eigenvalue weighted by molar-refractivity contribution is 0.102. The Morgan fingerprint density at radius 3 is 2.67 bits per heavy atom. The molecule has 21 heavy (non-hydrogen) atoms. The van der Waals surface area contributed by atoms with Crippen LogP contribution in [0.15, 0.2) is 53.4 Å². The number of hydrogen-bond donors (Lipinski definition) is 2. The summed E-state index contributed by atoms with van der Waals surface area (Å²) in [5.74, 6) is 0.159. The minimum absolute atomic E-state index is 0.0832. The fourth-order valence-corrected chi connectivity index (χ4v) is 2.90. The first-order valence-corrected chi connectivity index (χ1v) is 7.96. The minimum atomic E-state index is -1.19. The molecule has 0 aliphatic heterocycles. The van der Waals surface area contributed by atoms with Gasteiger partial charge in [-0.1, -0.05) is 31.2 Å². The first kappa shape index (κ1) is 15.4. The fourth-order valence-electron chi connectivity index (χ4n) is 1.95. The highest BCUT2D eigenvalue weighted by atomic mass is 32.2. The van der Waals surface area contributed by atoms with E-state index in [9.17, 15) is 9.00 Å². The van der Waals surface area contributed by atoms with Crippen LogP contribution in [0.5, 0.6) is 0 Å². The first-order chi connectivity index (χ1) is 10.2. The lowest BCUT2D eigenvalue weighted by Gasteiger charge is -2.10. The van der Waals surface area contributed by atoms with Crippen molar-refractivity contribution in [2.24, 2.45) is 0 Å². The van der Waals surface area contributed by atoms with Gasteiger partial charge in [-0.15, -0.1) is 0 Å². The van der Waals surface area contributed by atoms with Crippen molar-refractivity contribution in [1.29, 1.82) is 0 Å². The van der Waals surface area contributed by atoms with Crippen molar-refractivity contribution in [2.45, 2.75) is 18.4 Å². The largest absolute Gasteiger partial charge is 0.392 e. The van der Waals surface area contributed by atoms with Crippen LogP contribution in [-0.4, -0.2) is 21.0 Å². The van der Waals surface area contributed by atoms with E-state index in [0.717, 1.165) is 5.56 Å². The average molecular weight is 303 g/mol. The zero-order valence-electron chi connectivity index (χ0n) is 11.7. The summed E-state index contributed by atoms with van der Waals surface area (Å²) in [6, 6.07) is 13.9. The maximum Gasteiger partial charge on any atom is 0.256 e. The SMILES string of the molecule is CCS(=O)c1ccccc1C(=O)Nc1cccc(CO)c1. The molecule has 2 aromatic carbocycles. The van der Waals surface area contributed by atoms with E-state index in [4.69, 9.17) is 5.11 Å². The molecule has 1 atom stereocenters. The zero-order valence-corrected chi connectivity index (χ0v) is 12.5. The van der Waals surface area contributed by atoms with Gasteiger partial charge >= 0.3 is 0 Å². The van der Waals surface area contributed by atoms with Crippen LogP contribution in [0.1, 0.15) is 22.8 Å². The van der Waals surface area contributed by atoms with Crippen LogP contribution in [0.2, 0.25) is 0 Å². The number of benzene rings is 2. The lowest BCUT2D eigenvalue weighted by Crippen LogP contribution is -2.15. The number of aliphatic hydroxyl groups is 1. The molecule has 2 N–H and O–H groups in total. The highest BCUT2D eigenvalue weighted by molar-refractivity contribution is 7.85. The summed E-state index contributed by atoms with van der Waals surface area (Å²) in [5.41, 5.74) is 1.73. The summed E-state index contributed by atoms with van der Waals surface area (Å²) in [6.45, 7) is 1.73. The normalized spacial score (nSPS) is 11.9. The van der Waals surface area contributed by atoms with Crippen LogP contribution in [0.25, 0.3) is 0 Å². The first-order valence-electron chi connectivity index (χ1n) is 6.64. The molecule has 0 spiro atoms. The summed E-state index contributed by atoms with van der Waals surface area (Å²) in [7, 11) is -1.19. The smallest absolute Gasteiger partial charge is 0.256 e. The van der Waals surface area contributed by atoms with Gasteiger partial charge in [-0.05, 0) is 29.8 Å². The molecule has 0 aliphatic carbocycles. The number of amides is 1. The van der Waals surface area contributed by atoms with Gasteiger partial charge in [0.05, 0.1) is 27.9 Å². The molecule has 4 nitrogen and oxygen atoms in total. The molecule has 0 radical (unpaired) electrons. The van der Waals surface area contributed by atoms with Gasteiger partial charge in [-0.25, -0.2) is 0 Å². The summed E-state index contributed by atoms with van der Waals surface area (Å²) in [6.07, 6.45) is 0. The number of aliphatic hydroxyl groups excluding tert-OH is 1. The maximum absolute atomic E-state index is 12.3. The van der Waals surface area contributed by atoms with E-state index in [1.807, 2.05) is 6.92 Å². The molecule has 0 fully saturated rings. The molecule has 0 saturated carbocycles. The van der Waals surface area contributed by atoms with Gasteiger partial charge in [-0.3, -0.25) is 9.00 Å². The minimum Gasteiger partial charge on any atom is -0.392 e. The van der Waals surface area contributed by atoms with Gasteiger partial charge in [0.15, 0.2) is 0 Å². The molecule has 0 heterocycles. The predicted octanol–water partition coefficient (Wildman–Crippen LogP) is 2.56. The topological polar surface area (TPSA) is 66.4 Å². The van der Waals surface area contributed by atoms with Crippen molar-refractivity contribution in [3.8, 4) is 0 Å². The third-order valence-corrected chi connectivity index (χ3v) is 4.38. The Balaban J connectivity index is 2.26. The molecule has 5 heteroatoms. The highest BCUT2D eigenvalue weighted by Crippen LogP contribution is 2.17. The second-order valence-corrected chi connectivity index (χ2v) is 6.15. The Bertz CT molecular complexity index is 670. The van der Waals surface area contributed by atoms with Gasteiger partial charge in [0.25, 0.3) is 5.91 Å². The average Bonchev–Trinajstić information content (AvgIpc) is 2.54. The van der Waals surface area contributed by atoms with Crippen molar-refractivity contribution in [1.82, 2.24) is 0 Å². The number of anilines is 1. The number of carbonyl (C=O) groups is 1. The van der Waals surface area contributed by atoms with E-state index in [1.165, 1.54) is 0 Å². The fraction of sp³-hybridized carbons (Fsp3) is 0.188. The maximum atomic E-state index is 12.3. The molecule has 110 valence electrons. The van der Waals surface area contributed by atoms with Crippen LogP contribution in [0.4, 0.5) is 5.69 Å². The predicted molar refractivity (Wildman–Crippen MR) is 83.7 cm³/mol. The molecule has 2 rings (SSSR count). The van der Waals surface area contributed by atoms with Crippen molar-refractivity contribution in [3.05, 3.63) is 59.7 Å². The second-order valence-electron chi connectivity index (χ2n) is 4.44. The number of rotatable bonds is 5. The second kappa shape index (κ2) is 7.15. The van der Waals surface area contributed by atoms with Crippen molar-refractivity contribution in [2.75, 3.05) is 11.1 Å². The number of hydrogen-bond acceptors (Lipinski definition) is 3. The van der Waals surface area contributed by atoms with E-state index < -0.39 is 10.8 Å². The van der Waals surface area contributed by atoms with Crippen molar-refractivity contribution < 1.29 is 14.1 Å². The molecule has 0 bridgehead atoms. The van der Waals surface area contributed by atoms with Crippen LogP contribution in [0, 0.1) is 0 Å². The quantitative estimate of drug-likeness (QED) is 0.892. The Hall–Kier alpha value is -1.98. The van der Waals surface area contributed by atoms with Crippen molar-refractivity contribution in [3.63, 3.8) is 0 Å². The molecular formula is C16H17NO3S. The standard InChI is InChI=1S/C16H17NO3S/c1-2-21(20)15-9-4-3-8-14(15)16(19)17-13-7-5-6-12(10-13)11-18/h3-10,18H,2,11H2,1H3,(H,17,19). The van der Waals surface area contributed by atoms with E-state index in [-0.39, 0.29) is 12.5 Å². The van der Waals surface area contributed by atoms with Crippen LogP contribution in [-0.2, 0) is 17.4 Å². The van der Waals surface area contributed by atoms with Crippen molar-refractivity contribution >= 4 is 22.4 Å². The van der Waals surface area contributed by atoms with Crippen LogP contribution < -0.4 is 5.32 Å². The number of nitrogens with one attached hydrogen (secondary N) is 1. The Morgan fingerprint density at radius 2 is 1.95 bits per heavy atom. The van der Waals surface area contributed by atoms with E-state index in [0.29, 0.717) is 21.9 Å². The van der Waals surface area contributed by atoms with Crippen LogP contribution in [0.3, 0.4) is 0 Å². The molecule has 1 unspecified atom stereocenters. The highest BCUT2D eigenvalue weighted by Gasteiger charge is 2.14. The van der Waals surface area contributed by atoms with Gasteiger partial charge < -0.3 is 10.4 Å². The summed E-state index contributed by atoms with van der Waals surface area (Å²) < 4.78 is 12.0. The summed E-state index contributed by atoms with van der Waals surface area (Å²) >= 11 is 0. The number of carbonyl (C=O) groups excluding carboxylic acids is 1. The Morgan fingerprint density at radius 1 is 1.19 bits per heavy atom. The monoisotopic (exact) mass is 303 g/mol. The molecular weight excluding hydrogens is 286 g/mol. The van der Waals surface area contributed by atoms with E-state index in [1.54, 1.807) is 48.5 Å². The van der Waals surface area contributed by atoms with Gasteiger partial charge in [0, 0.05) is 11.4 Å². The van der Waals surface area contributed by atoms with E-state index in [2.05, 4.69) is 5.32 Å².